The average molecular weight is 537 g/mol. The maximum Gasteiger partial charge on any atom is 0.255 e. The fourth-order valence-corrected chi connectivity index (χ4v) is 7.74. The summed E-state index contributed by atoms with van der Waals surface area (Å²) in [6, 6.07) is 7.11. The van der Waals surface area contributed by atoms with Crippen LogP contribution in [0.1, 0.15) is 71.5 Å². The van der Waals surface area contributed by atoms with Crippen LogP contribution in [0.25, 0.3) is 10.2 Å². The van der Waals surface area contributed by atoms with Crippen molar-refractivity contribution in [2.24, 2.45) is 0 Å². The Hall–Kier alpha value is -3.24. The molecule has 0 spiro atoms. The number of aromatic nitrogens is 1. The van der Waals surface area contributed by atoms with E-state index in [1.807, 2.05) is 11.6 Å². The Bertz CT molecular complexity index is 1490. The molecule has 4 aliphatic rings. The van der Waals surface area contributed by atoms with Gasteiger partial charge in [-0.05, 0) is 61.8 Å². The summed E-state index contributed by atoms with van der Waals surface area (Å²) in [6.07, 6.45) is 3.62. The van der Waals surface area contributed by atoms with Gasteiger partial charge in [0, 0.05) is 36.2 Å². The summed E-state index contributed by atoms with van der Waals surface area (Å²) in [5.74, 6) is -3.13. The van der Waals surface area contributed by atoms with Gasteiger partial charge in [-0.2, -0.15) is 0 Å². The molecule has 4 aliphatic heterocycles. The van der Waals surface area contributed by atoms with Crippen molar-refractivity contribution in [2.75, 3.05) is 0 Å². The number of nitrogens with one attached hydrogen (secondary N) is 1. The zero-order valence-electron chi connectivity index (χ0n) is 20.6. The molecule has 2 aromatic carbocycles. The van der Waals surface area contributed by atoms with Crippen molar-refractivity contribution in [2.45, 2.75) is 75.7 Å². The van der Waals surface area contributed by atoms with E-state index in [0.717, 1.165) is 35.7 Å². The number of amides is 3. The number of benzene rings is 2. The summed E-state index contributed by atoms with van der Waals surface area (Å²) in [6.45, 7) is 0.714. The molecule has 3 aromatic rings. The van der Waals surface area contributed by atoms with E-state index in [-0.39, 0.29) is 60.0 Å². The van der Waals surface area contributed by atoms with Crippen molar-refractivity contribution in [3.63, 3.8) is 0 Å². The summed E-state index contributed by atoms with van der Waals surface area (Å²) in [7, 11) is 0. The second-order valence-corrected chi connectivity index (χ2v) is 11.8. The first-order valence-corrected chi connectivity index (χ1v) is 14.0. The first-order chi connectivity index (χ1) is 18.4. The Labute approximate surface area is 221 Å². The molecule has 3 atom stereocenters. The molecule has 2 unspecified atom stereocenters. The number of thiazole rings is 1. The molecular weight excluding hydrogens is 510 g/mol. The Morgan fingerprint density at radius 2 is 1.84 bits per heavy atom. The minimum atomic E-state index is -0.859. The van der Waals surface area contributed by atoms with Gasteiger partial charge in [0.05, 0.1) is 27.8 Å². The van der Waals surface area contributed by atoms with E-state index in [2.05, 4.69) is 27.3 Å². The zero-order chi connectivity index (χ0) is 26.1. The first kappa shape index (κ1) is 23.8. The van der Waals surface area contributed by atoms with Crippen molar-refractivity contribution < 1.29 is 23.2 Å². The molecule has 0 aliphatic carbocycles. The second kappa shape index (κ2) is 8.91. The third-order valence-corrected chi connectivity index (χ3v) is 9.61. The summed E-state index contributed by atoms with van der Waals surface area (Å²) < 4.78 is 32.5. The van der Waals surface area contributed by atoms with Crippen molar-refractivity contribution >= 4 is 39.3 Å². The van der Waals surface area contributed by atoms with Crippen LogP contribution in [0, 0.1) is 11.6 Å². The van der Waals surface area contributed by atoms with Crippen molar-refractivity contribution in [1.29, 1.82) is 0 Å². The number of halogens is 2. The van der Waals surface area contributed by atoms with Crippen LogP contribution in [0.4, 0.5) is 8.78 Å². The summed E-state index contributed by atoms with van der Waals surface area (Å²) >= 11 is 1.62. The summed E-state index contributed by atoms with van der Waals surface area (Å²) in [5.41, 5.74) is 4.28. The number of hydrogen-bond acceptors (Lipinski definition) is 6. The van der Waals surface area contributed by atoms with Gasteiger partial charge in [-0.1, -0.05) is 6.07 Å². The number of hydrogen-bond donors (Lipinski definition) is 1. The van der Waals surface area contributed by atoms with Gasteiger partial charge < -0.3 is 4.90 Å². The molecule has 0 saturated carbocycles. The Morgan fingerprint density at radius 1 is 1.05 bits per heavy atom. The molecule has 3 saturated heterocycles. The van der Waals surface area contributed by atoms with Crippen LogP contribution in [0.15, 0.2) is 29.8 Å². The van der Waals surface area contributed by atoms with E-state index in [1.165, 1.54) is 10.5 Å². The van der Waals surface area contributed by atoms with E-state index in [0.29, 0.717) is 12.8 Å². The monoisotopic (exact) mass is 536 g/mol. The molecule has 196 valence electrons. The highest BCUT2D eigenvalue weighted by molar-refractivity contribution is 7.16. The smallest absolute Gasteiger partial charge is 0.255 e. The van der Waals surface area contributed by atoms with Crippen LogP contribution < -0.4 is 5.32 Å². The number of rotatable bonds is 4. The molecule has 38 heavy (non-hydrogen) atoms. The van der Waals surface area contributed by atoms with E-state index in [1.54, 1.807) is 11.3 Å². The molecule has 3 fully saturated rings. The van der Waals surface area contributed by atoms with Crippen LogP contribution in [-0.4, -0.2) is 50.6 Å². The number of carbonyl (C=O) groups excluding carboxylic acids is 3. The van der Waals surface area contributed by atoms with Gasteiger partial charge in [0.25, 0.3) is 5.91 Å². The van der Waals surface area contributed by atoms with Gasteiger partial charge in [0.2, 0.25) is 11.8 Å². The normalized spacial score (nSPS) is 27.3. The zero-order valence-corrected chi connectivity index (χ0v) is 21.4. The highest BCUT2D eigenvalue weighted by Gasteiger charge is 2.45. The lowest BCUT2D eigenvalue weighted by Crippen LogP contribution is -2.52. The van der Waals surface area contributed by atoms with E-state index in [4.69, 9.17) is 0 Å². The Morgan fingerprint density at radius 3 is 2.61 bits per heavy atom. The molecule has 2 bridgehead atoms. The number of piperidine rings is 2. The molecule has 10 heteroatoms. The Balaban J connectivity index is 1.12. The molecule has 7 rings (SSSR count). The lowest BCUT2D eigenvalue weighted by atomic mass is 9.83. The molecule has 1 aromatic heterocycles. The van der Waals surface area contributed by atoms with Gasteiger partial charge in [0.15, 0.2) is 0 Å². The maximum absolute atomic E-state index is 15.9. The van der Waals surface area contributed by atoms with Crippen LogP contribution in [-0.2, 0) is 22.7 Å². The van der Waals surface area contributed by atoms with Crippen LogP contribution in [0.5, 0.6) is 0 Å². The SMILES string of the molecule is O=C1CC[C@@H](N2Cc3c(cc(F)c(C4CC5CCC(C4)N5Cc4ccc5ncsc5c4)c3F)C2=O)C(=O)N1. The fourth-order valence-electron chi connectivity index (χ4n) is 7.00. The van der Waals surface area contributed by atoms with E-state index < -0.39 is 29.5 Å². The molecule has 7 nitrogen and oxygen atoms in total. The molecule has 5 heterocycles. The average Bonchev–Trinajstić information content (AvgIpc) is 3.54. The first-order valence-electron chi connectivity index (χ1n) is 13.1. The molecule has 1 N–H and O–H groups in total. The van der Waals surface area contributed by atoms with Gasteiger partial charge >= 0.3 is 0 Å². The van der Waals surface area contributed by atoms with Gasteiger partial charge in [-0.25, -0.2) is 13.8 Å². The lowest BCUT2D eigenvalue weighted by Gasteiger charge is -2.39. The summed E-state index contributed by atoms with van der Waals surface area (Å²) in [5, 5.41) is 2.24. The highest BCUT2D eigenvalue weighted by atomic mass is 32.1. The lowest BCUT2D eigenvalue weighted by molar-refractivity contribution is -0.136. The minimum absolute atomic E-state index is 0.0210. The van der Waals surface area contributed by atoms with E-state index >= 15 is 8.78 Å². The number of carbonyl (C=O) groups is 3. The maximum atomic E-state index is 15.9. The van der Waals surface area contributed by atoms with Crippen molar-refractivity contribution in [1.82, 2.24) is 20.1 Å². The third kappa shape index (κ3) is 3.76. The largest absolute Gasteiger partial charge is 0.322 e. The molecule has 3 amide bonds. The second-order valence-electron chi connectivity index (χ2n) is 10.9. The van der Waals surface area contributed by atoms with Crippen LogP contribution >= 0.6 is 11.3 Å². The topological polar surface area (TPSA) is 82.6 Å². The standard InChI is InChI=1S/C28H26F2N4O3S/c29-20-10-18-19(12-34(28(18)37)22-5-6-24(35)32-27(22)36)26(30)25(20)15-8-16-2-3-17(9-15)33(16)11-14-1-4-21-23(7-14)38-13-31-21/h1,4,7,10,13,15-17,22H,2-3,5-6,8-9,11-12H2,(H,32,35,36)/t15?,16?,17?,22-/m1/s1. The van der Waals surface area contributed by atoms with Crippen LogP contribution in [0.3, 0.4) is 0 Å². The fraction of sp³-hybridized carbons (Fsp3) is 0.429. The van der Waals surface area contributed by atoms with Crippen molar-refractivity contribution in [3.05, 3.63) is 63.7 Å². The van der Waals surface area contributed by atoms with Gasteiger partial charge in [-0.3, -0.25) is 24.6 Å². The Kier molecular flexibility index (Phi) is 5.59. The van der Waals surface area contributed by atoms with Crippen molar-refractivity contribution in [3.8, 4) is 0 Å². The highest BCUT2D eigenvalue weighted by Crippen LogP contribution is 2.46. The van der Waals surface area contributed by atoms with Gasteiger partial charge in [-0.15, -0.1) is 11.3 Å². The molecular formula is C28H26F2N4O3S. The minimum Gasteiger partial charge on any atom is -0.322 e. The van der Waals surface area contributed by atoms with Gasteiger partial charge in [0.1, 0.15) is 17.7 Å². The quantitative estimate of drug-likeness (QED) is 0.505. The number of imide groups is 1. The molecule has 0 radical (unpaired) electrons. The predicted octanol–water partition coefficient (Wildman–Crippen LogP) is 4.25. The predicted molar refractivity (Wildman–Crippen MR) is 136 cm³/mol. The number of fused-ring (bicyclic) bond motifs is 4. The third-order valence-electron chi connectivity index (χ3n) is 8.81. The number of nitrogens with zero attached hydrogens (tertiary/aromatic N) is 3. The summed E-state index contributed by atoms with van der Waals surface area (Å²) in [4.78, 5) is 45.0. The van der Waals surface area contributed by atoms with E-state index in [9.17, 15) is 14.4 Å². The van der Waals surface area contributed by atoms with Crippen LogP contribution in [0.2, 0.25) is 0 Å².